The monoisotopic (exact) mass is 620 g/mol. The number of aryl methyl sites for hydroxylation is 1. The lowest BCUT2D eigenvalue weighted by Crippen LogP contribution is -2.62. The normalized spacial score (nSPS) is 17.9. The third kappa shape index (κ3) is 7.97. The fraction of sp³-hybridized carbons (Fsp3) is 0.333. The summed E-state index contributed by atoms with van der Waals surface area (Å²) < 4.78 is 27.2. The maximum absolute atomic E-state index is 14.8. The van der Waals surface area contributed by atoms with Gasteiger partial charge in [0, 0.05) is 32.9 Å². The largest absolute Gasteiger partial charge is 0.468 e. The number of esters is 1. The van der Waals surface area contributed by atoms with Gasteiger partial charge in [0.25, 0.3) is 5.91 Å². The van der Waals surface area contributed by atoms with E-state index in [2.05, 4.69) is 5.32 Å². The maximum Gasteiger partial charge on any atom is 0.407 e. The lowest BCUT2D eigenvalue weighted by atomic mass is 9.81. The van der Waals surface area contributed by atoms with Gasteiger partial charge in [-0.3, -0.25) is 9.59 Å². The zero-order valence-corrected chi connectivity index (χ0v) is 25.3. The number of nitrogens with one attached hydrogen (secondary N) is 1. The minimum atomic E-state index is -2.02. The van der Waals surface area contributed by atoms with Gasteiger partial charge in [-0.15, -0.1) is 0 Å². The number of carbonyl (C=O) groups excluding carboxylic acids is 3. The molecule has 12 heteroatoms. The maximum atomic E-state index is 14.8. The second kappa shape index (κ2) is 15.2. The van der Waals surface area contributed by atoms with E-state index in [9.17, 15) is 24.3 Å². The number of ketones is 1. The summed E-state index contributed by atoms with van der Waals surface area (Å²) in [6, 6.07) is 18.0. The van der Waals surface area contributed by atoms with Gasteiger partial charge in [-0.05, 0) is 68.3 Å². The lowest BCUT2D eigenvalue weighted by molar-refractivity contribution is -0.0274. The summed E-state index contributed by atoms with van der Waals surface area (Å²) in [7, 11) is 2.92. The first-order valence-corrected chi connectivity index (χ1v) is 14.2. The number of carbonyl (C=O) groups is 4. The van der Waals surface area contributed by atoms with Gasteiger partial charge >= 0.3 is 12.1 Å². The second-order valence-electron chi connectivity index (χ2n) is 10.5. The van der Waals surface area contributed by atoms with Crippen LogP contribution in [0.3, 0.4) is 0 Å². The highest BCUT2D eigenvalue weighted by Crippen LogP contribution is 2.36. The number of Topliss-reactive ketones (excluding diaryl/α,β-unsaturated/α-hetero) is 1. The van der Waals surface area contributed by atoms with Crippen LogP contribution in [0.25, 0.3) is 0 Å². The van der Waals surface area contributed by atoms with Gasteiger partial charge < -0.3 is 39.0 Å². The number of methoxy groups -OCH3 is 2. The fourth-order valence-corrected chi connectivity index (χ4v) is 5.11. The van der Waals surface area contributed by atoms with Crippen molar-refractivity contribution in [1.29, 1.82) is 0 Å². The molecule has 0 bridgehead atoms. The number of hydrogen-bond acceptors (Lipinski definition) is 9. The van der Waals surface area contributed by atoms with Crippen molar-refractivity contribution in [2.45, 2.75) is 31.4 Å². The Hall–Kier alpha value is -4.94. The molecule has 2 amide bonds. The van der Waals surface area contributed by atoms with Crippen LogP contribution in [0.5, 0.6) is 11.5 Å². The number of rotatable bonds is 12. The first kappa shape index (κ1) is 33.0. The molecular weight excluding hydrogens is 584 g/mol. The molecule has 1 aliphatic rings. The van der Waals surface area contributed by atoms with Gasteiger partial charge in [0.15, 0.2) is 19.2 Å². The van der Waals surface area contributed by atoms with Crippen molar-refractivity contribution < 1.29 is 48.0 Å². The number of nitrogens with zero attached hydrogens (tertiary/aromatic N) is 1. The van der Waals surface area contributed by atoms with E-state index in [0.29, 0.717) is 5.75 Å². The summed E-state index contributed by atoms with van der Waals surface area (Å²) in [5, 5.41) is 12.8. The van der Waals surface area contributed by atoms with Crippen molar-refractivity contribution in [3.05, 3.63) is 95.1 Å². The van der Waals surface area contributed by atoms with Gasteiger partial charge in [0.2, 0.25) is 5.78 Å². The van der Waals surface area contributed by atoms with E-state index in [1.54, 1.807) is 67.6 Å². The Labute approximate surface area is 260 Å². The smallest absolute Gasteiger partial charge is 0.407 e. The van der Waals surface area contributed by atoms with E-state index in [1.807, 2.05) is 0 Å². The van der Waals surface area contributed by atoms with Crippen LogP contribution in [0.4, 0.5) is 4.79 Å². The molecule has 2 atom stereocenters. The van der Waals surface area contributed by atoms with Crippen molar-refractivity contribution in [1.82, 2.24) is 10.2 Å². The quantitative estimate of drug-likeness (QED) is 0.170. The zero-order valence-electron chi connectivity index (χ0n) is 25.3. The SMILES string of the molecule is COCOc1ccc(C(=O)N[C@@H]2CN(C(=O)O)CCC[C@]2(OC(=O)c2ccccc2)C(=O)c2cc(C)ccc2OCOC)cc1. The number of likely N-dealkylation sites (tertiary alicyclic amines) is 1. The molecule has 1 aliphatic heterocycles. The fourth-order valence-electron chi connectivity index (χ4n) is 5.11. The third-order valence-electron chi connectivity index (χ3n) is 7.36. The Bertz CT molecular complexity index is 1500. The Morgan fingerprint density at radius 1 is 0.911 bits per heavy atom. The summed E-state index contributed by atoms with van der Waals surface area (Å²) in [5.74, 6) is -1.43. The van der Waals surface area contributed by atoms with Gasteiger partial charge in [-0.1, -0.05) is 29.8 Å². The predicted octanol–water partition coefficient (Wildman–Crippen LogP) is 4.31. The Morgan fingerprint density at radius 2 is 1.60 bits per heavy atom. The average Bonchev–Trinajstić information content (AvgIpc) is 3.23. The van der Waals surface area contributed by atoms with Crippen molar-refractivity contribution >= 4 is 23.8 Å². The molecule has 3 aromatic rings. The van der Waals surface area contributed by atoms with Gasteiger partial charge in [-0.2, -0.15) is 0 Å². The van der Waals surface area contributed by atoms with Crippen LogP contribution in [-0.2, 0) is 14.2 Å². The van der Waals surface area contributed by atoms with Crippen molar-refractivity contribution in [3.8, 4) is 11.5 Å². The van der Waals surface area contributed by atoms with E-state index in [-0.39, 0.29) is 62.0 Å². The zero-order chi connectivity index (χ0) is 32.4. The summed E-state index contributed by atoms with van der Waals surface area (Å²) in [6.07, 6.45) is -1.16. The van der Waals surface area contributed by atoms with Crippen LogP contribution >= 0.6 is 0 Å². The summed E-state index contributed by atoms with van der Waals surface area (Å²) >= 11 is 0. The molecule has 1 saturated heterocycles. The predicted molar refractivity (Wildman–Crippen MR) is 162 cm³/mol. The van der Waals surface area contributed by atoms with Crippen LogP contribution < -0.4 is 14.8 Å². The molecule has 2 N–H and O–H groups in total. The van der Waals surface area contributed by atoms with Crippen molar-refractivity contribution in [2.75, 3.05) is 40.9 Å². The molecule has 238 valence electrons. The van der Waals surface area contributed by atoms with E-state index in [4.69, 9.17) is 23.7 Å². The Balaban J connectivity index is 1.82. The Morgan fingerprint density at radius 3 is 2.27 bits per heavy atom. The van der Waals surface area contributed by atoms with Crippen LogP contribution in [-0.4, -0.2) is 86.3 Å². The molecule has 3 aromatic carbocycles. The number of benzene rings is 3. The standard InChI is InChI=1S/C33H36N2O10/c1-22-10-15-27(44-21-42-3)26(18-22)29(36)33(45-31(38)24-8-5-4-6-9-24)16-7-17-35(32(39)40)19-28(33)34-30(37)23-11-13-25(14-12-23)43-20-41-2/h4-6,8-15,18,28H,7,16-17,19-21H2,1-3H3,(H,34,37)(H,39,40)/t28-,33-/m1/s1. The molecule has 0 spiro atoms. The third-order valence-corrected chi connectivity index (χ3v) is 7.36. The number of ether oxygens (including phenoxy) is 5. The van der Waals surface area contributed by atoms with E-state index in [0.717, 1.165) is 10.5 Å². The number of carboxylic acid groups (broad SMARTS) is 1. The molecule has 1 fully saturated rings. The van der Waals surface area contributed by atoms with Gasteiger partial charge in [0.1, 0.15) is 11.5 Å². The molecule has 0 radical (unpaired) electrons. The van der Waals surface area contributed by atoms with E-state index >= 15 is 0 Å². The second-order valence-corrected chi connectivity index (χ2v) is 10.5. The molecule has 0 aromatic heterocycles. The van der Waals surface area contributed by atoms with Crippen LogP contribution in [0, 0.1) is 6.92 Å². The van der Waals surface area contributed by atoms with Crippen LogP contribution in [0.1, 0.15) is 49.5 Å². The number of amides is 2. The molecule has 12 nitrogen and oxygen atoms in total. The Kier molecular flexibility index (Phi) is 11.1. The average molecular weight is 621 g/mol. The van der Waals surface area contributed by atoms with Crippen LogP contribution in [0.2, 0.25) is 0 Å². The highest BCUT2D eigenvalue weighted by atomic mass is 16.7. The summed E-state index contributed by atoms with van der Waals surface area (Å²) in [4.78, 5) is 55.4. The highest BCUT2D eigenvalue weighted by Gasteiger charge is 2.53. The minimum Gasteiger partial charge on any atom is -0.468 e. The van der Waals surface area contributed by atoms with Gasteiger partial charge in [-0.25, -0.2) is 9.59 Å². The molecule has 1 heterocycles. The first-order chi connectivity index (χ1) is 21.7. The molecular formula is C33H36N2O10. The van der Waals surface area contributed by atoms with E-state index < -0.39 is 35.4 Å². The minimum absolute atomic E-state index is 0.0189. The first-order valence-electron chi connectivity index (χ1n) is 14.2. The highest BCUT2D eigenvalue weighted by molar-refractivity contribution is 6.08. The number of hydrogen-bond donors (Lipinski definition) is 2. The molecule has 4 rings (SSSR count). The van der Waals surface area contributed by atoms with E-state index in [1.165, 1.54) is 26.4 Å². The van der Waals surface area contributed by atoms with Crippen LogP contribution in [0.15, 0.2) is 72.8 Å². The topological polar surface area (TPSA) is 150 Å². The van der Waals surface area contributed by atoms with Crippen molar-refractivity contribution in [3.63, 3.8) is 0 Å². The lowest BCUT2D eigenvalue weighted by Gasteiger charge is -2.39. The molecule has 0 aliphatic carbocycles. The summed E-state index contributed by atoms with van der Waals surface area (Å²) in [6.45, 7) is 1.37. The van der Waals surface area contributed by atoms with Gasteiger partial charge in [0.05, 0.1) is 17.2 Å². The molecule has 0 saturated carbocycles. The van der Waals surface area contributed by atoms with Crippen molar-refractivity contribution in [2.24, 2.45) is 0 Å². The summed E-state index contributed by atoms with van der Waals surface area (Å²) in [5.41, 5.74) is -0.810. The molecule has 45 heavy (non-hydrogen) atoms. The molecule has 0 unspecified atom stereocenters.